The van der Waals surface area contributed by atoms with Crippen molar-refractivity contribution in [2.24, 2.45) is 7.05 Å². The molecule has 0 unspecified atom stereocenters. The largest absolute Gasteiger partial charge is 0.344 e. The number of benzene rings is 3. The van der Waals surface area contributed by atoms with Gasteiger partial charge in [-0.3, -0.25) is 0 Å². The molecule has 5 rings (SSSR count). The molecule has 0 saturated heterocycles. The van der Waals surface area contributed by atoms with E-state index in [2.05, 4.69) is 80.1 Å². The molecule has 1 nitrogen and oxygen atoms in total. The van der Waals surface area contributed by atoms with Gasteiger partial charge in [-0.15, -0.1) is 11.3 Å². The topological polar surface area (TPSA) is 4.93 Å². The first-order valence-electron chi connectivity index (χ1n) is 8.48. The summed E-state index contributed by atoms with van der Waals surface area (Å²) in [6.07, 6.45) is 0. The Hall–Kier alpha value is -2.32. The Labute approximate surface area is 145 Å². The second kappa shape index (κ2) is 4.84. The van der Waals surface area contributed by atoms with Crippen LogP contribution in [0.1, 0.15) is 25.3 Å². The minimum absolute atomic E-state index is 0.517. The van der Waals surface area contributed by atoms with Gasteiger partial charge in [-0.05, 0) is 29.7 Å². The molecule has 0 amide bonds. The third kappa shape index (κ3) is 1.69. The van der Waals surface area contributed by atoms with E-state index >= 15 is 0 Å². The number of nitrogens with zero attached hydrogens (tertiary/aromatic N) is 1. The molecule has 0 aliphatic rings. The molecule has 3 aromatic carbocycles. The maximum absolute atomic E-state index is 2.41. The van der Waals surface area contributed by atoms with E-state index < -0.39 is 0 Å². The van der Waals surface area contributed by atoms with Gasteiger partial charge < -0.3 is 4.57 Å². The fourth-order valence-corrected chi connectivity index (χ4v) is 5.36. The van der Waals surface area contributed by atoms with Crippen molar-refractivity contribution in [1.29, 1.82) is 0 Å². The van der Waals surface area contributed by atoms with Gasteiger partial charge >= 0.3 is 0 Å². The van der Waals surface area contributed by atoms with Gasteiger partial charge in [0.15, 0.2) is 0 Å². The number of thiophene rings is 1. The quantitative estimate of drug-likeness (QED) is 0.318. The summed E-state index contributed by atoms with van der Waals surface area (Å²) >= 11 is 1.94. The molecule has 24 heavy (non-hydrogen) atoms. The minimum atomic E-state index is 0.517. The Morgan fingerprint density at radius 1 is 0.833 bits per heavy atom. The van der Waals surface area contributed by atoms with Gasteiger partial charge in [0, 0.05) is 49.0 Å². The molecule has 2 heteroatoms. The van der Waals surface area contributed by atoms with Crippen LogP contribution in [0.5, 0.6) is 0 Å². The van der Waals surface area contributed by atoms with E-state index in [1.165, 1.54) is 47.5 Å². The van der Waals surface area contributed by atoms with Crippen LogP contribution in [0.4, 0.5) is 0 Å². The molecule has 0 radical (unpaired) electrons. The monoisotopic (exact) mass is 329 g/mol. The highest BCUT2D eigenvalue weighted by molar-refractivity contribution is 7.26. The first kappa shape index (κ1) is 14.1. The predicted molar refractivity (Wildman–Crippen MR) is 107 cm³/mol. The van der Waals surface area contributed by atoms with E-state index in [-0.39, 0.29) is 0 Å². The lowest BCUT2D eigenvalue weighted by Gasteiger charge is -2.09. The molecule has 0 atom stereocenters. The van der Waals surface area contributed by atoms with Crippen molar-refractivity contribution in [3.8, 4) is 0 Å². The van der Waals surface area contributed by atoms with E-state index in [0.29, 0.717) is 5.92 Å². The number of aromatic nitrogens is 1. The fourth-order valence-electron chi connectivity index (χ4n) is 3.98. The number of rotatable bonds is 1. The zero-order chi connectivity index (χ0) is 16.4. The first-order valence-corrected chi connectivity index (χ1v) is 9.29. The highest BCUT2D eigenvalue weighted by Gasteiger charge is 2.19. The van der Waals surface area contributed by atoms with Crippen molar-refractivity contribution in [1.82, 2.24) is 4.57 Å². The molecular formula is C22H19NS. The number of aryl methyl sites for hydroxylation is 1. The van der Waals surface area contributed by atoms with Crippen LogP contribution in [0, 0.1) is 0 Å². The zero-order valence-electron chi connectivity index (χ0n) is 14.1. The maximum Gasteiger partial charge on any atom is 0.0498 e. The van der Waals surface area contributed by atoms with Crippen molar-refractivity contribution < 1.29 is 0 Å². The normalized spacial score (nSPS) is 12.3. The molecule has 2 aromatic heterocycles. The summed E-state index contributed by atoms with van der Waals surface area (Å²) in [5.41, 5.74) is 4.12. The first-order chi connectivity index (χ1) is 11.7. The van der Waals surface area contributed by atoms with Gasteiger partial charge in [0.05, 0.1) is 0 Å². The van der Waals surface area contributed by atoms with Gasteiger partial charge in [-0.2, -0.15) is 0 Å². The second-order valence-corrected chi connectivity index (χ2v) is 7.95. The van der Waals surface area contributed by atoms with Crippen LogP contribution in [0.3, 0.4) is 0 Å². The molecule has 0 spiro atoms. The van der Waals surface area contributed by atoms with E-state index in [1.54, 1.807) is 0 Å². The van der Waals surface area contributed by atoms with E-state index in [0.717, 1.165) is 0 Å². The standard InChI is InChI=1S/C22H19NS/c1-13(2)16-12-18-20(14-8-4-6-10-17(14)23(18)3)21-15-9-5-7-11-19(15)24-22(16)21/h4-13H,1-3H3. The summed E-state index contributed by atoms with van der Waals surface area (Å²) in [5, 5.41) is 5.60. The van der Waals surface area contributed by atoms with Gasteiger partial charge in [-0.25, -0.2) is 0 Å². The van der Waals surface area contributed by atoms with Crippen LogP contribution in [-0.4, -0.2) is 4.57 Å². The third-order valence-electron chi connectivity index (χ3n) is 5.17. The fraction of sp³-hybridized carbons (Fsp3) is 0.182. The van der Waals surface area contributed by atoms with Crippen LogP contribution in [-0.2, 0) is 7.05 Å². The lowest BCUT2D eigenvalue weighted by molar-refractivity contribution is 0.877. The number of para-hydroxylation sites is 1. The molecule has 0 aliphatic heterocycles. The van der Waals surface area contributed by atoms with E-state index in [1.807, 2.05) is 11.3 Å². The van der Waals surface area contributed by atoms with Crippen molar-refractivity contribution in [2.45, 2.75) is 19.8 Å². The van der Waals surface area contributed by atoms with Crippen LogP contribution < -0.4 is 0 Å². The Balaban J connectivity index is 2.18. The Morgan fingerprint density at radius 3 is 2.33 bits per heavy atom. The molecule has 0 aliphatic carbocycles. The SMILES string of the molecule is CC(C)c1cc2c(c3ccccc3n2C)c2c1sc1ccccc12. The van der Waals surface area contributed by atoms with E-state index in [9.17, 15) is 0 Å². The summed E-state index contributed by atoms with van der Waals surface area (Å²) in [6, 6.07) is 20.0. The average Bonchev–Trinajstić information content (AvgIpc) is 3.11. The van der Waals surface area contributed by atoms with Gasteiger partial charge in [0.1, 0.15) is 0 Å². The molecule has 0 N–H and O–H groups in total. The highest BCUT2D eigenvalue weighted by atomic mass is 32.1. The molecule has 0 saturated carbocycles. The van der Waals surface area contributed by atoms with Crippen LogP contribution in [0.15, 0.2) is 54.6 Å². The summed E-state index contributed by atoms with van der Waals surface area (Å²) in [4.78, 5) is 0. The van der Waals surface area contributed by atoms with Crippen molar-refractivity contribution in [3.63, 3.8) is 0 Å². The lowest BCUT2D eigenvalue weighted by atomic mass is 9.97. The lowest BCUT2D eigenvalue weighted by Crippen LogP contribution is -1.91. The van der Waals surface area contributed by atoms with Gasteiger partial charge in [-0.1, -0.05) is 50.2 Å². The summed E-state index contributed by atoms with van der Waals surface area (Å²) in [7, 11) is 2.19. The zero-order valence-corrected chi connectivity index (χ0v) is 14.9. The molecule has 2 heterocycles. The van der Waals surface area contributed by atoms with Crippen LogP contribution in [0.25, 0.3) is 42.0 Å². The third-order valence-corrected chi connectivity index (χ3v) is 6.39. The molecular weight excluding hydrogens is 310 g/mol. The smallest absolute Gasteiger partial charge is 0.0498 e. The van der Waals surface area contributed by atoms with Crippen LogP contribution in [0.2, 0.25) is 0 Å². The summed E-state index contributed by atoms with van der Waals surface area (Å²) in [6.45, 7) is 4.60. The Kier molecular flexibility index (Phi) is 2.84. The van der Waals surface area contributed by atoms with Crippen molar-refractivity contribution >= 4 is 53.3 Å². The Morgan fingerprint density at radius 2 is 1.54 bits per heavy atom. The summed E-state index contributed by atoms with van der Waals surface area (Å²) in [5.74, 6) is 0.517. The Bertz CT molecular complexity index is 1240. The summed E-state index contributed by atoms with van der Waals surface area (Å²) < 4.78 is 5.19. The minimum Gasteiger partial charge on any atom is -0.344 e. The average molecular weight is 329 g/mol. The molecule has 0 bridgehead atoms. The van der Waals surface area contributed by atoms with Crippen molar-refractivity contribution in [3.05, 3.63) is 60.2 Å². The van der Waals surface area contributed by atoms with Crippen molar-refractivity contribution in [2.75, 3.05) is 0 Å². The molecule has 118 valence electrons. The highest BCUT2D eigenvalue weighted by Crippen LogP contribution is 2.45. The number of hydrogen-bond acceptors (Lipinski definition) is 1. The van der Waals surface area contributed by atoms with Gasteiger partial charge in [0.2, 0.25) is 0 Å². The maximum atomic E-state index is 2.41. The number of fused-ring (bicyclic) bond motifs is 7. The molecule has 0 fully saturated rings. The predicted octanol–water partition coefficient (Wildman–Crippen LogP) is 6.82. The molecule has 5 aromatic rings. The van der Waals surface area contributed by atoms with E-state index in [4.69, 9.17) is 0 Å². The second-order valence-electron chi connectivity index (χ2n) is 6.89. The van der Waals surface area contributed by atoms with Gasteiger partial charge in [0.25, 0.3) is 0 Å². The van der Waals surface area contributed by atoms with Crippen LogP contribution >= 0.6 is 11.3 Å². The number of hydrogen-bond donors (Lipinski definition) is 0.